The van der Waals surface area contributed by atoms with Crippen molar-refractivity contribution in [3.05, 3.63) is 30.0 Å². The number of carboxylic acids is 1. The lowest BCUT2D eigenvalue weighted by atomic mass is 10.1. The average Bonchev–Trinajstić information content (AvgIpc) is 2.80. The summed E-state index contributed by atoms with van der Waals surface area (Å²) in [6, 6.07) is 4.64. The molecule has 1 aromatic carbocycles. The van der Waals surface area contributed by atoms with Gasteiger partial charge in [-0.1, -0.05) is 0 Å². The fourth-order valence-electron chi connectivity index (χ4n) is 1.96. The van der Waals surface area contributed by atoms with E-state index in [4.69, 9.17) is 9.84 Å². The van der Waals surface area contributed by atoms with Crippen molar-refractivity contribution in [2.24, 2.45) is 0 Å². The second kappa shape index (κ2) is 5.64. The number of H-pyrrole nitrogens is 1. The van der Waals surface area contributed by atoms with Gasteiger partial charge in [-0.05, 0) is 30.7 Å². The Balaban J connectivity index is 2.17. The van der Waals surface area contributed by atoms with E-state index < -0.39 is 12.0 Å². The molecule has 0 aliphatic carbocycles. The van der Waals surface area contributed by atoms with E-state index in [1.165, 1.54) is 6.92 Å². The molecule has 0 bridgehead atoms. The van der Waals surface area contributed by atoms with E-state index in [1.54, 1.807) is 13.3 Å². The number of fused-ring (bicyclic) bond motifs is 1. The standard InChI is InChI=1S/C14H16N2O4/c1-8(14(18)19)16-13(17)5-9-7-15-12-4-3-10(20-2)6-11(9)12/h3-4,6-8,15H,5H2,1-2H3,(H,16,17)(H,18,19)/t8-/m0/s1. The van der Waals surface area contributed by atoms with Crippen LogP contribution in [0.5, 0.6) is 5.75 Å². The number of hydrogen-bond donors (Lipinski definition) is 3. The van der Waals surface area contributed by atoms with Crippen LogP contribution in [0.4, 0.5) is 0 Å². The highest BCUT2D eigenvalue weighted by molar-refractivity contribution is 5.91. The first-order chi connectivity index (χ1) is 9.51. The van der Waals surface area contributed by atoms with E-state index in [0.717, 1.165) is 16.5 Å². The van der Waals surface area contributed by atoms with Crippen LogP contribution in [0.15, 0.2) is 24.4 Å². The van der Waals surface area contributed by atoms with Crippen LogP contribution >= 0.6 is 0 Å². The minimum atomic E-state index is -1.06. The Labute approximate surface area is 115 Å². The summed E-state index contributed by atoms with van der Waals surface area (Å²) >= 11 is 0. The molecule has 2 aromatic rings. The molecular formula is C14H16N2O4. The Morgan fingerprint density at radius 2 is 2.20 bits per heavy atom. The smallest absolute Gasteiger partial charge is 0.325 e. The summed E-state index contributed by atoms with van der Waals surface area (Å²) < 4.78 is 5.16. The van der Waals surface area contributed by atoms with E-state index in [9.17, 15) is 9.59 Å². The minimum absolute atomic E-state index is 0.116. The maximum Gasteiger partial charge on any atom is 0.325 e. The van der Waals surface area contributed by atoms with Gasteiger partial charge in [-0.15, -0.1) is 0 Å². The van der Waals surface area contributed by atoms with Gasteiger partial charge in [-0.3, -0.25) is 9.59 Å². The predicted octanol–water partition coefficient (Wildman–Crippen LogP) is 1.31. The number of aliphatic carboxylic acids is 1. The number of aromatic nitrogens is 1. The highest BCUT2D eigenvalue weighted by atomic mass is 16.5. The third kappa shape index (κ3) is 2.90. The van der Waals surface area contributed by atoms with Crippen molar-refractivity contribution >= 4 is 22.8 Å². The average molecular weight is 276 g/mol. The molecule has 2 rings (SSSR count). The van der Waals surface area contributed by atoms with Crippen molar-refractivity contribution in [2.75, 3.05) is 7.11 Å². The lowest BCUT2D eigenvalue weighted by molar-refractivity contribution is -0.141. The van der Waals surface area contributed by atoms with Crippen molar-refractivity contribution in [3.63, 3.8) is 0 Å². The molecule has 0 spiro atoms. The highest BCUT2D eigenvalue weighted by Crippen LogP contribution is 2.23. The Morgan fingerprint density at radius 1 is 1.45 bits per heavy atom. The number of carbonyl (C=O) groups excluding carboxylic acids is 1. The number of amides is 1. The molecule has 6 nitrogen and oxygen atoms in total. The van der Waals surface area contributed by atoms with Crippen molar-refractivity contribution in [2.45, 2.75) is 19.4 Å². The molecule has 20 heavy (non-hydrogen) atoms. The molecule has 0 saturated heterocycles. The van der Waals surface area contributed by atoms with Crippen LogP contribution in [0.1, 0.15) is 12.5 Å². The summed E-state index contributed by atoms with van der Waals surface area (Å²) in [5, 5.41) is 12.1. The summed E-state index contributed by atoms with van der Waals surface area (Å²) in [5.41, 5.74) is 1.70. The highest BCUT2D eigenvalue weighted by Gasteiger charge is 2.15. The van der Waals surface area contributed by atoms with E-state index in [0.29, 0.717) is 5.75 Å². The first-order valence-corrected chi connectivity index (χ1v) is 6.17. The molecule has 1 aromatic heterocycles. The largest absolute Gasteiger partial charge is 0.497 e. The summed E-state index contributed by atoms with van der Waals surface area (Å²) in [7, 11) is 1.58. The molecule has 106 valence electrons. The van der Waals surface area contributed by atoms with Gasteiger partial charge in [0, 0.05) is 17.1 Å². The maximum atomic E-state index is 11.8. The van der Waals surface area contributed by atoms with Gasteiger partial charge < -0.3 is 20.1 Å². The van der Waals surface area contributed by atoms with Gasteiger partial charge in [0.2, 0.25) is 5.91 Å². The first-order valence-electron chi connectivity index (χ1n) is 6.17. The predicted molar refractivity (Wildman–Crippen MR) is 73.8 cm³/mol. The first kappa shape index (κ1) is 13.9. The van der Waals surface area contributed by atoms with Crippen molar-refractivity contribution in [1.82, 2.24) is 10.3 Å². The van der Waals surface area contributed by atoms with Crippen LogP contribution in [0, 0.1) is 0 Å². The molecular weight excluding hydrogens is 260 g/mol. The topological polar surface area (TPSA) is 91.4 Å². The third-order valence-electron chi connectivity index (χ3n) is 3.07. The van der Waals surface area contributed by atoms with E-state index >= 15 is 0 Å². The van der Waals surface area contributed by atoms with Gasteiger partial charge in [-0.2, -0.15) is 0 Å². The van der Waals surface area contributed by atoms with Crippen molar-refractivity contribution in [3.8, 4) is 5.75 Å². The number of carboxylic acid groups (broad SMARTS) is 1. The zero-order valence-corrected chi connectivity index (χ0v) is 11.3. The molecule has 6 heteroatoms. The van der Waals surface area contributed by atoms with Crippen LogP contribution in [-0.2, 0) is 16.0 Å². The van der Waals surface area contributed by atoms with Crippen LogP contribution in [0.3, 0.4) is 0 Å². The molecule has 0 radical (unpaired) electrons. The summed E-state index contributed by atoms with van der Waals surface area (Å²) in [4.78, 5) is 25.6. The fourth-order valence-corrected chi connectivity index (χ4v) is 1.96. The SMILES string of the molecule is COc1ccc2[nH]cc(CC(=O)N[C@@H](C)C(=O)O)c2c1. The third-order valence-corrected chi connectivity index (χ3v) is 3.07. The normalized spacial score (nSPS) is 12.1. The number of benzene rings is 1. The molecule has 0 unspecified atom stereocenters. The molecule has 0 aliphatic heterocycles. The summed E-state index contributed by atoms with van der Waals surface area (Å²) in [5.74, 6) is -0.680. The van der Waals surface area contributed by atoms with Gasteiger partial charge in [0.05, 0.1) is 13.5 Å². The lowest BCUT2D eigenvalue weighted by Gasteiger charge is -2.08. The minimum Gasteiger partial charge on any atom is -0.497 e. The Morgan fingerprint density at radius 3 is 2.85 bits per heavy atom. The van der Waals surface area contributed by atoms with Crippen LogP contribution in [-0.4, -0.2) is 35.1 Å². The number of nitrogens with one attached hydrogen (secondary N) is 2. The maximum absolute atomic E-state index is 11.8. The van der Waals surface area contributed by atoms with Gasteiger partial charge in [0.25, 0.3) is 0 Å². The quantitative estimate of drug-likeness (QED) is 0.767. The second-order valence-corrected chi connectivity index (χ2v) is 4.53. The number of methoxy groups -OCH3 is 1. The van der Waals surface area contributed by atoms with Gasteiger partial charge in [-0.25, -0.2) is 0 Å². The van der Waals surface area contributed by atoms with Crippen LogP contribution < -0.4 is 10.1 Å². The Bertz CT molecular complexity index is 648. The second-order valence-electron chi connectivity index (χ2n) is 4.53. The Hall–Kier alpha value is -2.50. The molecule has 0 fully saturated rings. The van der Waals surface area contributed by atoms with Gasteiger partial charge in [0.15, 0.2) is 0 Å². The molecule has 0 aliphatic rings. The Kier molecular flexibility index (Phi) is 3.93. The van der Waals surface area contributed by atoms with Crippen molar-refractivity contribution in [1.29, 1.82) is 0 Å². The van der Waals surface area contributed by atoms with E-state index in [-0.39, 0.29) is 12.3 Å². The number of hydrogen-bond acceptors (Lipinski definition) is 3. The number of ether oxygens (including phenoxy) is 1. The molecule has 1 heterocycles. The lowest BCUT2D eigenvalue weighted by Crippen LogP contribution is -2.39. The molecule has 1 atom stereocenters. The van der Waals surface area contributed by atoms with E-state index in [1.807, 2.05) is 18.2 Å². The van der Waals surface area contributed by atoms with Crippen molar-refractivity contribution < 1.29 is 19.4 Å². The number of rotatable bonds is 5. The summed E-state index contributed by atoms with van der Waals surface area (Å²) in [6.07, 6.45) is 1.86. The van der Waals surface area contributed by atoms with Crippen LogP contribution in [0.2, 0.25) is 0 Å². The monoisotopic (exact) mass is 276 g/mol. The fraction of sp³-hybridized carbons (Fsp3) is 0.286. The van der Waals surface area contributed by atoms with Gasteiger partial charge >= 0.3 is 5.97 Å². The molecule has 3 N–H and O–H groups in total. The van der Waals surface area contributed by atoms with Crippen LogP contribution in [0.25, 0.3) is 10.9 Å². The molecule has 0 saturated carbocycles. The zero-order chi connectivity index (χ0) is 14.7. The summed E-state index contributed by atoms with van der Waals surface area (Å²) in [6.45, 7) is 1.43. The number of aromatic amines is 1. The van der Waals surface area contributed by atoms with E-state index in [2.05, 4.69) is 10.3 Å². The van der Waals surface area contributed by atoms with Gasteiger partial charge in [0.1, 0.15) is 11.8 Å². The zero-order valence-electron chi connectivity index (χ0n) is 11.3. The number of carbonyl (C=O) groups is 2. The molecule has 1 amide bonds.